The standard InChI is InChI=1S/C29H36N2O5/c1-4-17-34-23-13-8-21(9-14-23)28(33)36-24-11-5-20(6-12-24)7-16-27(32)35-19-29(2,3)25-15-10-22(30)18-26(25)31/h4-7,10-12,15-16,18,21,23H,1,8-9,13-14,17,19,30-31H2,2-3H3/b16-7+. The highest BCUT2D eigenvalue weighted by atomic mass is 16.5. The van der Waals surface area contributed by atoms with E-state index in [2.05, 4.69) is 6.58 Å². The van der Waals surface area contributed by atoms with E-state index in [4.69, 9.17) is 25.7 Å². The number of nitrogens with two attached hydrogens (primary N) is 2. The summed E-state index contributed by atoms with van der Waals surface area (Å²) in [4.78, 5) is 24.8. The second-order valence-corrected chi connectivity index (χ2v) is 9.76. The largest absolute Gasteiger partial charge is 0.462 e. The third-order valence-electron chi connectivity index (χ3n) is 6.35. The molecule has 3 rings (SSSR count). The molecule has 2 aromatic rings. The zero-order valence-electron chi connectivity index (χ0n) is 21.1. The van der Waals surface area contributed by atoms with Crippen LogP contribution in [0.25, 0.3) is 6.08 Å². The van der Waals surface area contributed by atoms with Crippen LogP contribution < -0.4 is 16.2 Å². The van der Waals surface area contributed by atoms with Crippen LogP contribution in [0.2, 0.25) is 0 Å². The van der Waals surface area contributed by atoms with Crippen LogP contribution >= 0.6 is 0 Å². The smallest absolute Gasteiger partial charge is 0.330 e. The molecule has 0 aromatic heterocycles. The summed E-state index contributed by atoms with van der Waals surface area (Å²) in [6, 6.07) is 12.3. The molecule has 0 atom stereocenters. The summed E-state index contributed by atoms with van der Waals surface area (Å²) in [7, 11) is 0. The topological polar surface area (TPSA) is 114 Å². The minimum absolute atomic E-state index is 0.115. The summed E-state index contributed by atoms with van der Waals surface area (Å²) < 4.78 is 16.7. The van der Waals surface area contributed by atoms with E-state index < -0.39 is 11.4 Å². The van der Waals surface area contributed by atoms with Crippen molar-refractivity contribution in [2.75, 3.05) is 24.7 Å². The molecule has 0 bridgehead atoms. The maximum Gasteiger partial charge on any atom is 0.330 e. The van der Waals surface area contributed by atoms with Gasteiger partial charge in [0.1, 0.15) is 12.4 Å². The molecule has 1 aliphatic carbocycles. The van der Waals surface area contributed by atoms with Crippen molar-refractivity contribution in [1.29, 1.82) is 0 Å². The minimum atomic E-state index is -0.468. The van der Waals surface area contributed by atoms with Gasteiger partial charge in [0.05, 0.1) is 18.6 Å². The Hall–Kier alpha value is -3.58. The number of esters is 2. The van der Waals surface area contributed by atoms with Crippen molar-refractivity contribution in [2.24, 2.45) is 5.92 Å². The molecule has 0 saturated heterocycles. The molecule has 7 heteroatoms. The Morgan fingerprint density at radius 1 is 1.06 bits per heavy atom. The first kappa shape index (κ1) is 27.0. The Bertz CT molecular complexity index is 1080. The number of benzene rings is 2. The van der Waals surface area contributed by atoms with Crippen LogP contribution in [-0.4, -0.2) is 31.3 Å². The van der Waals surface area contributed by atoms with Crippen LogP contribution in [0, 0.1) is 5.92 Å². The van der Waals surface area contributed by atoms with Crippen LogP contribution in [0.15, 0.2) is 61.2 Å². The maximum absolute atomic E-state index is 12.5. The number of ether oxygens (including phenoxy) is 3. The molecule has 7 nitrogen and oxygen atoms in total. The van der Waals surface area contributed by atoms with Gasteiger partial charge in [-0.1, -0.05) is 38.1 Å². The van der Waals surface area contributed by atoms with Crippen molar-refractivity contribution in [2.45, 2.75) is 51.0 Å². The molecule has 4 N–H and O–H groups in total. The van der Waals surface area contributed by atoms with Gasteiger partial charge >= 0.3 is 11.9 Å². The van der Waals surface area contributed by atoms with Crippen molar-refractivity contribution in [3.8, 4) is 5.75 Å². The first-order chi connectivity index (χ1) is 17.2. The lowest BCUT2D eigenvalue weighted by atomic mass is 9.84. The van der Waals surface area contributed by atoms with Gasteiger partial charge in [-0.2, -0.15) is 0 Å². The third kappa shape index (κ3) is 7.71. The van der Waals surface area contributed by atoms with Crippen molar-refractivity contribution < 1.29 is 23.8 Å². The Balaban J connectivity index is 1.46. The molecular formula is C29H36N2O5. The fourth-order valence-electron chi connectivity index (χ4n) is 4.26. The lowest BCUT2D eigenvalue weighted by Crippen LogP contribution is -2.28. The number of hydrogen-bond donors (Lipinski definition) is 2. The number of anilines is 2. The number of carbonyl (C=O) groups is 2. The Morgan fingerprint density at radius 2 is 1.75 bits per heavy atom. The van der Waals surface area contributed by atoms with Gasteiger partial charge in [-0.3, -0.25) is 4.79 Å². The highest BCUT2D eigenvalue weighted by molar-refractivity contribution is 5.87. The highest BCUT2D eigenvalue weighted by Crippen LogP contribution is 2.30. The van der Waals surface area contributed by atoms with Crippen LogP contribution in [-0.2, 0) is 24.5 Å². The van der Waals surface area contributed by atoms with Gasteiger partial charge in [-0.25, -0.2) is 4.79 Å². The van der Waals surface area contributed by atoms with Crippen molar-refractivity contribution >= 4 is 29.4 Å². The first-order valence-electron chi connectivity index (χ1n) is 12.2. The van der Waals surface area contributed by atoms with Gasteiger partial charge in [0.25, 0.3) is 0 Å². The summed E-state index contributed by atoms with van der Waals surface area (Å²) in [5, 5.41) is 0. The number of carbonyl (C=O) groups excluding carboxylic acids is 2. The molecule has 192 valence electrons. The summed E-state index contributed by atoms with van der Waals surface area (Å²) in [5.74, 6) is -0.308. The van der Waals surface area contributed by atoms with Crippen molar-refractivity contribution in [3.05, 3.63) is 72.3 Å². The lowest BCUT2D eigenvalue weighted by Gasteiger charge is -2.26. The zero-order valence-corrected chi connectivity index (χ0v) is 21.1. The van der Waals surface area contributed by atoms with E-state index in [1.807, 2.05) is 19.9 Å². The van der Waals surface area contributed by atoms with Crippen molar-refractivity contribution in [3.63, 3.8) is 0 Å². The third-order valence-corrected chi connectivity index (χ3v) is 6.35. The number of nitrogen functional groups attached to an aromatic ring is 2. The minimum Gasteiger partial charge on any atom is -0.462 e. The van der Waals surface area contributed by atoms with E-state index in [1.54, 1.807) is 48.6 Å². The maximum atomic E-state index is 12.5. The molecule has 1 saturated carbocycles. The molecule has 0 amide bonds. The van der Waals surface area contributed by atoms with E-state index >= 15 is 0 Å². The summed E-state index contributed by atoms with van der Waals surface area (Å²) in [5.41, 5.74) is 14.2. The van der Waals surface area contributed by atoms with Gasteiger partial charge in [0.15, 0.2) is 0 Å². The van der Waals surface area contributed by atoms with Crippen LogP contribution in [0.3, 0.4) is 0 Å². The normalized spacial score (nSPS) is 18.1. The summed E-state index contributed by atoms with van der Waals surface area (Å²) in [6.07, 6.45) is 8.15. The van der Waals surface area contributed by atoms with E-state index in [0.29, 0.717) is 23.7 Å². The molecule has 36 heavy (non-hydrogen) atoms. The van der Waals surface area contributed by atoms with Crippen LogP contribution in [0.4, 0.5) is 11.4 Å². The lowest BCUT2D eigenvalue weighted by molar-refractivity contribution is -0.141. The fourth-order valence-corrected chi connectivity index (χ4v) is 4.26. The van der Waals surface area contributed by atoms with Gasteiger partial charge < -0.3 is 25.7 Å². The molecule has 0 heterocycles. The van der Waals surface area contributed by atoms with E-state index in [-0.39, 0.29) is 24.6 Å². The van der Waals surface area contributed by atoms with Crippen LogP contribution in [0.1, 0.15) is 50.7 Å². The van der Waals surface area contributed by atoms with Gasteiger partial charge in [0.2, 0.25) is 0 Å². The molecule has 0 aliphatic heterocycles. The average molecular weight is 493 g/mol. The summed E-state index contributed by atoms with van der Waals surface area (Å²) in [6.45, 7) is 8.27. The van der Waals surface area contributed by atoms with Crippen LogP contribution in [0.5, 0.6) is 5.75 Å². The van der Waals surface area contributed by atoms with Gasteiger partial charge in [-0.05, 0) is 67.2 Å². The first-order valence-corrected chi connectivity index (χ1v) is 12.2. The Kier molecular flexibility index (Phi) is 9.31. The van der Waals surface area contributed by atoms with Gasteiger partial charge in [-0.15, -0.1) is 6.58 Å². The summed E-state index contributed by atoms with van der Waals surface area (Å²) >= 11 is 0. The Labute approximate surface area is 213 Å². The molecule has 0 radical (unpaired) electrons. The fraction of sp³-hybridized carbons (Fsp3) is 0.379. The second-order valence-electron chi connectivity index (χ2n) is 9.76. The van der Waals surface area contributed by atoms with E-state index in [0.717, 1.165) is 36.8 Å². The molecule has 1 aliphatic rings. The van der Waals surface area contributed by atoms with Crippen molar-refractivity contribution in [1.82, 2.24) is 0 Å². The molecule has 0 spiro atoms. The quantitative estimate of drug-likeness (QED) is 0.157. The predicted octanol–water partition coefficient (Wildman–Crippen LogP) is 5.05. The number of rotatable bonds is 10. The molecule has 0 unspecified atom stereocenters. The average Bonchev–Trinajstić information content (AvgIpc) is 2.86. The monoisotopic (exact) mass is 492 g/mol. The second kappa shape index (κ2) is 12.4. The predicted molar refractivity (Wildman–Crippen MR) is 142 cm³/mol. The molecule has 1 fully saturated rings. The zero-order chi connectivity index (χ0) is 26.1. The highest BCUT2D eigenvalue weighted by Gasteiger charge is 2.28. The molecule has 2 aromatic carbocycles. The van der Waals surface area contributed by atoms with E-state index in [1.165, 1.54) is 6.08 Å². The van der Waals surface area contributed by atoms with E-state index in [9.17, 15) is 9.59 Å². The molecular weight excluding hydrogens is 456 g/mol. The Morgan fingerprint density at radius 3 is 2.39 bits per heavy atom. The number of hydrogen-bond acceptors (Lipinski definition) is 7. The van der Waals surface area contributed by atoms with Gasteiger partial charge in [0, 0.05) is 22.9 Å². The SMILES string of the molecule is C=CCOC1CCC(C(=O)Oc2ccc(/C=C/C(=O)OCC(C)(C)c3ccc(N)cc3N)cc2)CC1.